The molecule has 2 nitrogen and oxygen atoms in total. The summed E-state index contributed by atoms with van der Waals surface area (Å²) < 4.78 is 0.607. The molecule has 0 saturated carbocycles. The predicted molar refractivity (Wildman–Crippen MR) is 72.9 cm³/mol. The predicted octanol–water partition coefficient (Wildman–Crippen LogP) is 3.90. The standard InChI is InChI=1S/C13H13ClN2S/c14-13-16-8-12(17-13)7-15-11-5-4-9-2-1-3-10(9)6-11/h4-6,8,15H,1-3,7H2. The van der Waals surface area contributed by atoms with Gasteiger partial charge in [-0.3, -0.25) is 0 Å². The van der Waals surface area contributed by atoms with Gasteiger partial charge in [-0.2, -0.15) is 0 Å². The zero-order chi connectivity index (χ0) is 11.7. The number of aromatic nitrogens is 1. The minimum atomic E-state index is 0.607. The zero-order valence-corrected chi connectivity index (χ0v) is 10.9. The lowest BCUT2D eigenvalue weighted by atomic mass is 10.1. The molecular weight excluding hydrogens is 252 g/mol. The van der Waals surface area contributed by atoms with E-state index in [0.717, 1.165) is 11.4 Å². The van der Waals surface area contributed by atoms with Crippen LogP contribution in [-0.2, 0) is 19.4 Å². The van der Waals surface area contributed by atoms with Gasteiger partial charge < -0.3 is 5.32 Å². The van der Waals surface area contributed by atoms with Crippen molar-refractivity contribution >= 4 is 28.6 Å². The number of rotatable bonds is 3. The van der Waals surface area contributed by atoms with Crippen molar-refractivity contribution in [3.63, 3.8) is 0 Å². The summed E-state index contributed by atoms with van der Waals surface area (Å²) in [4.78, 5) is 5.19. The number of aryl methyl sites for hydroxylation is 2. The quantitative estimate of drug-likeness (QED) is 0.910. The monoisotopic (exact) mass is 264 g/mol. The van der Waals surface area contributed by atoms with Crippen LogP contribution in [0.4, 0.5) is 5.69 Å². The van der Waals surface area contributed by atoms with Gasteiger partial charge in [-0.1, -0.05) is 17.7 Å². The van der Waals surface area contributed by atoms with Gasteiger partial charge in [0, 0.05) is 16.8 Å². The van der Waals surface area contributed by atoms with Crippen molar-refractivity contribution in [2.45, 2.75) is 25.8 Å². The van der Waals surface area contributed by atoms with Crippen LogP contribution in [0.3, 0.4) is 0 Å². The van der Waals surface area contributed by atoms with Crippen LogP contribution >= 0.6 is 22.9 Å². The fraction of sp³-hybridized carbons (Fsp3) is 0.308. The highest BCUT2D eigenvalue weighted by Crippen LogP contribution is 2.25. The molecule has 0 atom stereocenters. The molecule has 0 bridgehead atoms. The van der Waals surface area contributed by atoms with Gasteiger partial charge in [-0.25, -0.2) is 4.98 Å². The van der Waals surface area contributed by atoms with Crippen LogP contribution in [0.25, 0.3) is 0 Å². The van der Waals surface area contributed by atoms with Crippen molar-refractivity contribution in [3.05, 3.63) is 44.9 Å². The second kappa shape index (κ2) is 4.67. The maximum atomic E-state index is 5.80. The van der Waals surface area contributed by atoms with Gasteiger partial charge in [-0.05, 0) is 42.5 Å². The third kappa shape index (κ3) is 2.45. The molecule has 1 aromatic heterocycles. The molecule has 0 fully saturated rings. The molecule has 1 aliphatic carbocycles. The molecule has 0 saturated heterocycles. The van der Waals surface area contributed by atoms with Crippen molar-refractivity contribution in [1.82, 2.24) is 4.98 Å². The number of fused-ring (bicyclic) bond motifs is 1. The topological polar surface area (TPSA) is 24.9 Å². The Morgan fingerprint density at radius 3 is 3.00 bits per heavy atom. The highest BCUT2D eigenvalue weighted by atomic mass is 35.5. The molecule has 0 unspecified atom stereocenters. The summed E-state index contributed by atoms with van der Waals surface area (Å²) in [6.45, 7) is 0.795. The second-order valence-electron chi connectivity index (χ2n) is 4.27. The molecule has 4 heteroatoms. The summed E-state index contributed by atoms with van der Waals surface area (Å²) in [5, 5.41) is 3.42. The molecule has 2 aromatic rings. The van der Waals surface area contributed by atoms with E-state index in [-0.39, 0.29) is 0 Å². The smallest absolute Gasteiger partial charge is 0.183 e. The Balaban J connectivity index is 1.69. The normalized spacial score (nSPS) is 13.7. The van der Waals surface area contributed by atoms with Crippen molar-refractivity contribution in [1.29, 1.82) is 0 Å². The lowest BCUT2D eigenvalue weighted by molar-refractivity contribution is 0.912. The SMILES string of the molecule is Clc1ncc(CNc2ccc3c(c2)CCC3)s1. The van der Waals surface area contributed by atoms with Crippen molar-refractivity contribution < 1.29 is 0 Å². The summed E-state index contributed by atoms with van der Waals surface area (Å²) in [6.07, 6.45) is 5.58. The lowest BCUT2D eigenvalue weighted by Crippen LogP contribution is -1.98. The Kier molecular flexibility index (Phi) is 3.04. The van der Waals surface area contributed by atoms with Gasteiger partial charge in [0.15, 0.2) is 4.47 Å². The number of benzene rings is 1. The summed E-state index contributed by atoms with van der Waals surface area (Å²) in [5.74, 6) is 0. The Morgan fingerprint density at radius 2 is 2.18 bits per heavy atom. The summed E-state index contributed by atoms with van der Waals surface area (Å²) >= 11 is 7.32. The molecule has 88 valence electrons. The van der Waals surface area contributed by atoms with Crippen LogP contribution in [-0.4, -0.2) is 4.98 Å². The van der Waals surface area contributed by atoms with E-state index < -0.39 is 0 Å². The number of anilines is 1. The highest BCUT2D eigenvalue weighted by Gasteiger charge is 2.10. The zero-order valence-electron chi connectivity index (χ0n) is 9.37. The van der Waals surface area contributed by atoms with E-state index in [1.165, 1.54) is 47.4 Å². The molecule has 17 heavy (non-hydrogen) atoms. The van der Waals surface area contributed by atoms with E-state index >= 15 is 0 Å². The van der Waals surface area contributed by atoms with Gasteiger partial charge in [0.2, 0.25) is 0 Å². The van der Waals surface area contributed by atoms with E-state index in [2.05, 4.69) is 28.5 Å². The number of halogens is 1. The second-order valence-corrected chi connectivity index (χ2v) is 5.97. The van der Waals surface area contributed by atoms with Crippen LogP contribution in [0.2, 0.25) is 4.47 Å². The largest absolute Gasteiger partial charge is 0.380 e. The first-order valence-corrected chi connectivity index (χ1v) is 6.96. The Bertz CT molecular complexity index is 536. The van der Waals surface area contributed by atoms with Crippen molar-refractivity contribution in [3.8, 4) is 0 Å². The molecule has 0 amide bonds. The van der Waals surface area contributed by atoms with Gasteiger partial charge in [0.1, 0.15) is 0 Å². The van der Waals surface area contributed by atoms with E-state index in [1.807, 2.05) is 6.20 Å². The average Bonchev–Trinajstić information content (AvgIpc) is 2.94. The average molecular weight is 265 g/mol. The maximum Gasteiger partial charge on any atom is 0.183 e. The molecule has 3 rings (SSSR count). The maximum absolute atomic E-state index is 5.80. The van der Waals surface area contributed by atoms with Crippen LogP contribution in [0, 0.1) is 0 Å². The molecule has 0 spiro atoms. The minimum Gasteiger partial charge on any atom is -0.380 e. The molecule has 1 aromatic carbocycles. The first-order chi connectivity index (χ1) is 8.31. The van der Waals surface area contributed by atoms with E-state index in [4.69, 9.17) is 11.6 Å². The summed E-state index contributed by atoms with van der Waals surface area (Å²) in [5.41, 5.74) is 4.20. The van der Waals surface area contributed by atoms with Crippen molar-refractivity contribution in [2.75, 3.05) is 5.32 Å². The van der Waals surface area contributed by atoms with Crippen LogP contribution < -0.4 is 5.32 Å². The minimum absolute atomic E-state index is 0.607. The van der Waals surface area contributed by atoms with Gasteiger partial charge >= 0.3 is 0 Å². The third-order valence-electron chi connectivity index (χ3n) is 3.09. The number of hydrogen-bond donors (Lipinski definition) is 1. The molecule has 1 N–H and O–H groups in total. The van der Waals surface area contributed by atoms with Crippen LogP contribution in [0.1, 0.15) is 22.4 Å². The molecule has 0 aliphatic heterocycles. The highest BCUT2D eigenvalue weighted by molar-refractivity contribution is 7.15. The van der Waals surface area contributed by atoms with Gasteiger partial charge in [-0.15, -0.1) is 11.3 Å². The number of nitrogens with one attached hydrogen (secondary N) is 1. The van der Waals surface area contributed by atoms with Gasteiger partial charge in [0.25, 0.3) is 0 Å². The van der Waals surface area contributed by atoms with E-state index in [9.17, 15) is 0 Å². The molecule has 0 radical (unpaired) electrons. The molecule has 1 aliphatic rings. The Labute approximate surface area is 110 Å². The third-order valence-corrected chi connectivity index (χ3v) is 4.21. The van der Waals surface area contributed by atoms with Gasteiger partial charge in [0.05, 0.1) is 6.54 Å². The van der Waals surface area contributed by atoms with Crippen LogP contribution in [0.15, 0.2) is 24.4 Å². The first-order valence-electron chi connectivity index (χ1n) is 5.77. The Hall–Kier alpha value is -1.06. The van der Waals surface area contributed by atoms with Crippen molar-refractivity contribution in [2.24, 2.45) is 0 Å². The summed E-state index contributed by atoms with van der Waals surface area (Å²) in [7, 11) is 0. The van der Waals surface area contributed by atoms with E-state index in [0.29, 0.717) is 4.47 Å². The Morgan fingerprint density at radius 1 is 1.29 bits per heavy atom. The fourth-order valence-electron chi connectivity index (χ4n) is 2.24. The molecule has 1 heterocycles. The number of thiazole rings is 1. The van der Waals surface area contributed by atoms with E-state index in [1.54, 1.807) is 0 Å². The fourth-order valence-corrected chi connectivity index (χ4v) is 3.15. The lowest BCUT2D eigenvalue weighted by Gasteiger charge is -2.07. The first kappa shape index (κ1) is 11.1. The summed E-state index contributed by atoms with van der Waals surface area (Å²) in [6, 6.07) is 6.67. The number of hydrogen-bond acceptors (Lipinski definition) is 3. The number of nitrogens with zero attached hydrogens (tertiary/aromatic N) is 1. The molecular formula is C13H13ClN2S. The van der Waals surface area contributed by atoms with Crippen LogP contribution in [0.5, 0.6) is 0 Å².